The van der Waals surface area contributed by atoms with Gasteiger partial charge in [-0.2, -0.15) is 0 Å². The Bertz CT molecular complexity index is 1420. The number of terminal acetylenes is 1. The molecular weight excluding hydrogens is 492 g/mol. The average Bonchev–Trinajstić information content (AvgIpc) is 3.03. The van der Waals surface area contributed by atoms with Gasteiger partial charge >= 0.3 is 0 Å². The van der Waals surface area contributed by atoms with Crippen molar-refractivity contribution in [1.29, 1.82) is 0 Å². The van der Waals surface area contributed by atoms with Crippen LogP contribution >= 0.6 is 0 Å². The highest BCUT2D eigenvalue weighted by Gasteiger charge is 2.30. The summed E-state index contributed by atoms with van der Waals surface area (Å²) >= 11 is 0. The molecule has 41 heavy (non-hydrogen) atoms. The van der Waals surface area contributed by atoms with Crippen LogP contribution in [0.2, 0.25) is 0 Å². The Kier molecular flexibility index (Phi) is 9.93. The predicted molar refractivity (Wildman–Crippen MR) is 175 cm³/mol. The van der Waals surface area contributed by atoms with Gasteiger partial charge in [0.25, 0.3) is 0 Å². The highest BCUT2D eigenvalue weighted by molar-refractivity contribution is 5.37. The zero-order chi connectivity index (χ0) is 28.4. The molecule has 0 N–H and O–H groups in total. The second-order valence-corrected chi connectivity index (χ2v) is 12.0. The van der Waals surface area contributed by atoms with Gasteiger partial charge in [-0.1, -0.05) is 116 Å². The van der Waals surface area contributed by atoms with Gasteiger partial charge in [0.1, 0.15) is 0 Å². The van der Waals surface area contributed by atoms with Crippen molar-refractivity contribution in [2.75, 3.05) is 0 Å². The molecule has 1 fully saturated rings. The summed E-state index contributed by atoms with van der Waals surface area (Å²) < 4.78 is 0. The molecule has 0 radical (unpaired) electrons. The molecule has 1 atom stereocenters. The highest BCUT2D eigenvalue weighted by atomic mass is 14.3. The molecule has 4 aromatic rings. The molecular formula is C41H44. The van der Waals surface area contributed by atoms with E-state index in [4.69, 9.17) is 13.0 Å². The van der Waals surface area contributed by atoms with Crippen LogP contribution in [0.3, 0.4) is 0 Å². The normalized spacial score (nSPS) is 17.5. The Hall–Kier alpha value is -3.82. The third-order valence-corrected chi connectivity index (χ3v) is 9.26. The highest BCUT2D eigenvalue weighted by Crippen LogP contribution is 2.43. The number of aryl methyl sites for hydroxylation is 2. The van der Waals surface area contributed by atoms with E-state index in [2.05, 4.69) is 116 Å². The molecule has 0 aliphatic heterocycles. The minimum Gasteiger partial charge on any atom is -0.115 e. The number of hydrogen-bond acceptors (Lipinski definition) is 0. The van der Waals surface area contributed by atoms with Crippen LogP contribution in [-0.4, -0.2) is 0 Å². The fourth-order valence-electron chi connectivity index (χ4n) is 6.88. The fraction of sp³-hybridized carbons (Fsp3) is 0.317. The smallest absolute Gasteiger partial charge is 0.0242 e. The molecule has 1 saturated carbocycles. The zero-order valence-corrected chi connectivity index (χ0v) is 24.7. The van der Waals surface area contributed by atoms with Gasteiger partial charge in [-0.15, -0.1) is 6.42 Å². The van der Waals surface area contributed by atoms with Gasteiger partial charge in [0.15, 0.2) is 0 Å². The van der Waals surface area contributed by atoms with E-state index in [1.54, 1.807) is 0 Å². The van der Waals surface area contributed by atoms with Gasteiger partial charge in [-0.05, 0) is 115 Å². The van der Waals surface area contributed by atoms with E-state index in [-0.39, 0.29) is 0 Å². The summed E-state index contributed by atoms with van der Waals surface area (Å²) in [5.41, 5.74) is 10.9. The third-order valence-electron chi connectivity index (χ3n) is 9.26. The summed E-state index contributed by atoms with van der Waals surface area (Å²) in [5, 5.41) is 0. The van der Waals surface area contributed by atoms with Crippen LogP contribution in [0.15, 0.2) is 115 Å². The Morgan fingerprint density at radius 2 is 1.39 bits per heavy atom. The lowest BCUT2D eigenvalue weighted by Crippen LogP contribution is -2.23. The minimum atomic E-state index is 0.423. The molecule has 1 aliphatic rings. The lowest BCUT2D eigenvalue weighted by Gasteiger charge is -2.35. The van der Waals surface area contributed by atoms with Crippen LogP contribution < -0.4 is 0 Å². The lowest BCUT2D eigenvalue weighted by molar-refractivity contribution is 0.252. The minimum absolute atomic E-state index is 0.423. The summed E-state index contributed by atoms with van der Waals surface area (Å²) in [4.78, 5) is 0. The first-order valence-electron chi connectivity index (χ1n) is 15.6. The van der Waals surface area contributed by atoms with E-state index in [0.29, 0.717) is 11.8 Å². The Labute approximate surface area is 248 Å². The van der Waals surface area contributed by atoms with E-state index in [1.165, 1.54) is 64.6 Å². The van der Waals surface area contributed by atoms with E-state index >= 15 is 0 Å². The predicted octanol–water partition coefficient (Wildman–Crippen LogP) is 10.1. The maximum atomic E-state index is 5.55. The van der Waals surface area contributed by atoms with Gasteiger partial charge in [0.2, 0.25) is 0 Å². The van der Waals surface area contributed by atoms with Crippen LogP contribution in [-0.2, 0) is 25.7 Å². The fourth-order valence-corrected chi connectivity index (χ4v) is 6.88. The van der Waals surface area contributed by atoms with E-state index in [9.17, 15) is 0 Å². The maximum Gasteiger partial charge on any atom is 0.0242 e. The van der Waals surface area contributed by atoms with Gasteiger partial charge in [0.05, 0.1) is 0 Å². The molecule has 0 aromatic heterocycles. The second-order valence-electron chi connectivity index (χ2n) is 12.0. The first kappa shape index (κ1) is 28.7. The Morgan fingerprint density at radius 3 is 2.05 bits per heavy atom. The number of allylic oxidation sites excluding steroid dienone is 1. The first-order valence-corrected chi connectivity index (χ1v) is 15.6. The van der Waals surface area contributed by atoms with Crippen LogP contribution in [0, 0.1) is 24.2 Å². The van der Waals surface area contributed by atoms with Crippen molar-refractivity contribution < 1.29 is 0 Å². The molecule has 208 valence electrons. The van der Waals surface area contributed by atoms with E-state index in [1.807, 2.05) is 0 Å². The molecule has 0 spiro atoms. The monoisotopic (exact) mass is 536 g/mol. The Balaban J connectivity index is 1.29. The molecule has 0 heterocycles. The average molecular weight is 537 g/mol. The summed E-state index contributed by atoms with van der Waals surface area (Å²) in [6.45, 7) is 6.97. The quantitative estimate of drug-likeness (QED) is 0.132. The van der Waals surface area contributed by atoms with Crippen LogP contribution in [0.4, 0.5) is 0 Å². The largest absolute Gasteiger partial charge is 0.115 e. The van der Waals surface area contributed by atoms with Gasteiger partial charge in [-0.25, -0.2) is 0 Å². The number of benzene rings is 4. The SMILES string of the molecule is C#Cc1ccc(CC2CCC(C(C(=C)CCc3ccccc3)c3ccc(Cc4ccccc4CC)cc3)CC2)cc1. The first-order chi connectivity index (χ1) is 20.1. The molecule has 0 saturated heterocycles. The number of hydrogen-bond donors (Lipinski definition) is 0. The Morgan fingerprint density at radius 1 is 0.756 bits per heavy atom. The number of rotatable bonds is 11. The van der Waals surface area contributed by atoms with Crippen molar-refractivity contribution in [3.63, 3.8) is 0 Å². The standard InChI is InChI=1S/C41H44/c1-4-32-17-19-34(20-18-32)29-35-21-25-38(26-22-35)41(31(3)15-16-33-11-7-6-8-12-33)39-27-23-36(24-28-39)30-40-14-10-9-13-37(40)5-2/h1,6-14,17-20,23-24,27-28,35,38,41H,3,5,15-16,21-22,25-26,29-30H2,2H3. The van der Waals surface area contributed by atoms with E-state index < -0.39 is 0 Å². The zero-order valence-electron chi connectivity index (χ0n) is 24.7. The van der Waals surface area contributed by atoms with Crippen molar-refractivity contribution in [2.45, 2.75) is 70.6 Å². The topological polar surface area (TPSA) is 0 Å². The molecule has 1 unspecified atom stereocenters. The van der Waals surface area contributed by atoms with Gasteiger partial charge in [0, 0.05) is 11.5 Å². The molecule has 0 nitrogen and oxygen atoms in total. The summed E-state index contributed by atoms with van der Waals surface area (Å²) in [5.74, 6) is 4.57. The summed E-state index contributed by atoms with van der Waals surface area (Å²) in [7, 11) is 0. The molecule has 0 bridgehead atoms. The second kappa shape index (κ2) is 14.2. The van der Waals surface area contributed by atoms with E-state index in [0.717, 1.165) is 43.6 Å². The van der Waals surface area contributed by atoms with Gasteiger partial charge < -0.3 is 0 Å². The maximum absolute atomic E-state index is 5.55. The van der Waals surface area contributed by atoms with Crippen molar-refractivity contribution >= 4 is 0 Å². The van der Waals surface area contributed by atoms with Crippen molar-refractivity contribution in [3.05, 3.63) is 154 Å². The third kappa shape index (κ3) is 7.68. The molecule has 4 aromatic carbocycles. The van der Waals surface area contributed by atoms with Crippen molar-refractivity contribution in [3.8, 4) is 12.3 Å². The molecule has 5 rings (SSSR count). The van der Waals surface area contributed by atoms with Crippen LogP contribution in [0.1, 0.15) is 83.9 Å². The van der Waals surface area contributed by atoms with Crippen molar-refractivity contribution in [2.24, 2.45) is 11.8 Å². The van der Waals surface area contributed by atoms with Gasteiger partial charge in [-0.3, -0.25) is 0 Å². The molecule has 0 amide bonds. The molecule has 0 heteroatoms. The van der Waals surface area contributed by atoms with Crippen molar-refractivity contribution in [1.82, 2.24) is 0 Å². The summed E-state index contributed by atoms with van der Waals surface area (Å²) in [6.07, 6.45) is 16.0. The lowest BCUT2D eigenvalue weighted by atomic mass is 9.69. The summed E-state index contributed by atoms with van der Waals surface area (Å²) in [6, 6.07) is 37.9. The van der Waals surface area contributed by atoms with Crippen LogP contribution in [0.25, 0.3) is 0 Å². The van der Waals surface area contributed by atoms with Crippen LogP contribution in [0.5, 0.6) is 0 Å². The molecule has 1 aliphatic carbocycles.